The molecule has 0 saturated heterocycles. The molecule has 0 unspecified atom stereocenters. The number of H-pyrrole nitrogens is 1. The molecule has 106 valence electrons. The maximum atomic E-state index is 11.7. The zero-order chi connectivity index (χ0) is 14.5. The number of nitrogens with zero attached hydrogens (tertiary/aromatic N) is 2. The summed E-state index contributed by atoms with van der Waals surface area (Å²) in [6.07, 6.45) is 1.53. The molecule has 1 aromatic carbocycles. The number of furan rings is 1. The number of ether oxygens (including phenoxy) is 1. The predicted octanol–water partition coefficient (Wildman–Crippen LogP) is 2.08. The Kier molecular flexibility index (Phi) is 3.64. The van der Waals surface area contributed by atoms with Gasteiger partial charge in [-0.05, 0) is 24.3 Å². The number of benzene rings is 1. The third kappa shape index (κ3) is 3.27. The van der Waals surface area contributed by atoms with Crippen LogP contribution in [0.25, 0.3) is 11.6 Å². The summed E-state index contributed by atoms with van der Waals surface area (Å²) in [5.41, 5.74) is 0. The standard InChI is InChI=1S/C14H12N4O3/c19-12(9-21-10-5-2-1-3-6-10)15-14-16-13(17-18-14)11-7-4-8-20-11/h1-8H,9H2,(H2,15,16,17,18,19). The first-order valence-electron chi connectivity index (χ1n) is 6.25. The molecule has 7 nitrogen and oxygen atoms in total. The SMILES string of the molecule is O=C(COc1ccccc1)Nc1n[nH]c(-c2ccco2)n1. The minimum atomic E-state index is -0.344. The molecule has 2 aromatic heterocycles. The Morgan fingerprint density at radius 1 is 1.24 bits per heavy atom. The van der Waals surface area contributed by atoms with Crippen molar-refractivity contribution in [2.75, 3.05) is 11.9 Å². The van der Waals surface area contributed by atoms with E-state index in [4.69, 9.17) is 9.15 Å². The van der Waals surface area contributed by atoms with Gasteiger partial charge in [-0.3, -0.25) is 15.2 Å². The lowest BCUT2D eigenvalue weighted by atomic mass is 10.3. The molecule has 0 aliphatic carbocycles. The zero-order valence-electron chi connectivity index (χ0n) is 10.9. The number of aromatic amines is 1. The first-order chi connectivity index (χ1) is 10.3. The fourth-order valence-electron chi connectivity index (χ4n) is 1.67. The number of hydrogen-bond acceptors (Lipinski definition) is 5. The molecule has 1 amide bonds. The number of hydrogen-bond donors (Lipinski definition) is 2. The molecular weight excluding hydrogens is 272 g/mol. The van der Waals surface area contributed by atoms with Crippen molar-refractivity contribution in [1.82, 2.24) is 15.2 Å². The Bertz CT molecular complexity index is 707. The predicted molar refractivity (Wildman–Crippen MR) is 74.7 cm³/mol. The van der Waals surface area contributed by atoms with Gasteiger partial charge in [-0.15, -0.1) is 5.10 Å². The van der Waals surface area contributed by atoms with Crippen molar-refractivity contribution in [1.29, 1.82) is 0 Å². The van der Waals surface area contributed by atoms with Crippen molar-refractivity contribution in [2.24, 2.45) is 0 Å². The molecule has 0 saturated carbocycles. The van der Waals surface area contributed by atoms with Crippen molar-refractivity contribution in [3.05, 3.63) is 48.7 Å². The van der Waals surface area contributed by atoms with Gasteiger partial charge in [-0.2, -0.15) is 4.98 Å². The molecule has 0 bridgehead atoms. The molecule has 0 atom stereocenters. The van der Waals surface area contributed by atoms with Crippen molar-refractivity contribution < 1.29 is 13.9 Å². The molecule has 3 rings (SSSR count). The van der Waals surface area contributed by atoms with Gasteiger partial charge in [0.1, 0.15) is 5.75 Å². The van der Waals surface area contributed by atoms with Crippen LogP contribution in [0.1, 0.15) is 0 Å². The molecule has 2 N–H and O–H groups in total. The summed E-state index contributed by atoms with van der Waals surface area (Å²) in [4.78, 5) is 15.8. The van der Waals surface area contributed by atoms with Gasteiger partial charge < -0.3 is 9.15 Å². The molecule has 2 heterocycles. The highest BCUT2D eigenvalue weighted by Gasteiger charge is 2.10. The number of rotatable bonds is 5. The van der Waals surface area contributed by atoms with Crippen LogP contribution >= 0.6 is 0 Å². The van der Waals surface area contributed by atoms with E-state index < -0.39 is 0 Å². The summed E-state index contributed by atoms with van der Waals surface area (Å²) in [5, 5.41) is 9.10. The van der Waals surface area contributed by atoms with Gasteiger partial charge >= 0.3 is 0 Å². The van der Waals surface area contributed by atoms with E-state index in [2.05, 4.69) is 20.5 Å². The maximum absolute atomic E-state index is 11.7. The molecule has 0 spiro atoms. The highest BCUT2D eigenvalue weighted by atomic mass is 16.5. The van der Waals surface area contributed by atoms with E-state index in [0.29, 0.717) is 17.3 Å². The number of anilines is 1. The third-order valence-corrected chi connectivity index (χ3v) is 2.60. The summed E-state index contributed by atoms with van der Waals surface area (Å²) < 4.78 is 10.5. The minimum absolute atomic E-state index is 0.116. The van der Waals surface area contributed by atoms with E-state index in [9.17, 15) is 4.79 Å². The summed E-state index contributed by atoms with van der Waals surface area (Å²) in [7, 11) is 0. The van der Waals surface area contributed by atoms with Crippen LogP contribution in [0, 0.1) is 0 Å². The second-order valence-corrected chi connectivity index (χ2v) is 4.13. The van der Waals surface area contributed by atoms with E-state index in [1.165, 1.54) is 6.26 Å². The van der Waals surface area contributed by atoms with Crippen LogP contribution in [0.3, 0.4) is 0 Å². The second-order valence-electron chi connectivity index (χ2n) is 4.13. The molecule has 0 aliphatic rings. The van der Waals surface area contributed by atoms with E-state index in [1.807, 2.05) is 18.2 Å². The number of carbonyl (C=O) groups is 1. The fourth-order valence-corrected chi connectivity index (χ4v) is 1.67. The van der Waals surface area contributed by atoms with Crippen LogP contribution < -0.4 is 10.1 Å². The average molecular weight is 284 g/mol. The second kappa shape index (κ2) is 5.91. The van der Waals surface area contributed by atoms with Crippen molar-refractivity contribution in [3.63, 3.8) is 0 Å². The lowest BCUT2D eigenvalue weighted by Gasteiger charge is -2.04. The van der Waals surface area contributed by atoms with E-state index in [-0.39, 0.29) is 18.5 Å². The number of carbonyl (C=O) groups excluding carboxylic acids is 1. The van der Waals surface area contributed by atoms with Gasteiger partial charge in [0.05, 0.1) is 6.26 Å². The number of amides is 1. The van der Waals surface area contributed by atoms with E-state index >= 15 is 0 Å². The minimum Gasteiger partial charge on any atom is -0.484 e. The van der Waals surface area contributed by atoms with Gasteiger partial charge in [0.2, 0.25) is 5.95 Å². The Hall–Kier alpha value is -3.09. The summed E-state index contributed by atoms with van der Waals surface area (Å²) >= 11 is 0. The summed E-state index contributed by atoms with van der Waals surface area (Å²) in [6, 6.07) is 12.6. The van der Waals surface area contributed by atoms with Crippen LogP contribution in [0.15, 0.2) is 53.1 Å². The fraction of sp³-hybridized carbons (Fsp3) is 0.0714. The lowest BCUT2D eigenvalue weighted by Crippen LogP contribution is -2.20. The average Bonchev–Trinajstić information content (AvgIpc) is 3.17. The van der Waals surface area contributed by atoms with Crippen molar-refractivity contribution in [2.45, 2.75) is 0 Å². The number of para-hydroxylation sites is 1. The Balaban J connectivity index is 1.55. The van der Waals surface area contributed by atoms with Crippen LogP contribution in [0.2, 0.25) is 0 Å². The molecule has 0 fully saturated rings. The van der Waals surface area contributed by atoms with Crippen LogP contribution in [0.4, 0.5) is 5.95 Å². The maximum Gasteiger partial charge on any atom is 0.264 e. The molecule has 3 aromatic rings. The first kappa shape index (κ1) is 12.9. The highest BCUT2D eigenvalue weighted by Crippen LogP contribution is 2.15. The van der Waals surface area contributed by atoms with Crippen LogP contribution in [-0.4, -0.2) is 27.7 Å². The van der Waals surface area contributed by atoms with Crippen molar-refractivity contribution >= 4 is 11.9 Å². The Morgan fingerprint density at radius 3 is 2.86 bits per heavy atom. The van der Waals surface area contributed by atoms with E-state index in [1.54, 1.807) is 24.3 Å². The largest absolute Gasteiger partial charge is 0.484 e. The Labute approximate surface area is 120 Å². The van der Waals surface area contributed by atoms with Gasteiger partial charge in [-0.1, -0.05) is 18.2 Å². The topological polar surface area (TPSA) is 93.0 Å². The van der Waals surface area contributed by atoms with Gasteiger partial charge in [0.25, 0.3) is 5.91 Å². The normalized spacial score (nSPS) is 10.3. The van der Waals surface area contributed by atoms with Crippen molar-refractivity contribution in [3.8, 4) is 17.3 Å². The Morgan fingerprint density at radius 2 is 2.10 bits per heavy atom. The molecule has 21 heavy (non-hydrogen) atoms. The molecule has 7 heteroatoms. The third-order valence-electron chi connectivity index (χ3n) is 2.60. The smallest absolute Gasteiger partial charge is 0.264 e. The zero-order valence-corrected chi connectivity index (χ0v) is 10.9. The molecule has 0 aliphatic heterocycles. The highest BCUT2D eigenvalue weighted by molar-refractivity contribution is 5.90. The lowest BCUT2D eigenvalue weighted by molar-refractivity contribution is -0.118. The quantitative estimate of drug-likeness (QED) is 0.748. The van der Waals surface area contributed by atoms with Gasteiger partial charge in [0, 0.05) is 0 Å². The van der Waals surface area contributed by atoms with Crippen LogP contribution in [-0.2, 0) is 4.79 Å². The van der Waals surface area contributed by atoms with Gasteiger partial charge in [-0.25, -0.2) is 0 Å². The number of nitrogens with one attached hydrogen (secondary N) is 2. The summed E-state index contributed by atoms with van der Waals surface area (Å²) in [5.74, 6) is 1.44. The van der Waals surface area contributed by atoms with E-state index in [0.717, 1.165) is 0 Å². The van der Waals surface area contributed by atoms with Crippen LogP contribution in [0.5, 0.6) is 5.75 Å². The number of aromatic nitrogens is 3. The van der Waals surface area contributed by atoms with Gasteiger partial charge in [0.15, 0.2) is 18.2 Å². The molecular formula is C14H12N4O3. The summed E-state index contributed by atoms with van der Waals surface area (Å²) in [6.45, 7) is -0.116. The first-order valence-corrected chi connectivity index (χ1v) is 6.25. The molecule has 0 radical (unpaired) electrons. The monoisotopic (exact) mass is 284 g/mol.